The number of hydrogen-bond donors (Lipinski definition) is 2. The van der Waals surface area contributed by atoms with Crippen molar-refractivity contribution in [3.8, 4) is 28.8 Å². The number of carbonyl (C=O) groups excluding carboxylic acids is 1. The highest BCUT2D eigenvalue weighted by Gasteiger charge is 2.42. The highest BCUT2D eigenvalue weighted by molar-refractivity contribution is 5.74. The third-order valence-corrected chi connectivity index (χ3v) is 7.91. The number of ether oxygens (including phenoxy) is 1. The molecule has 2 aliphatic heterocycles. The quantitative estimate of drug-likeness (QED) is 0.274. The molecule has 2 aromatic heterocycles. The van der Waals surface area contributed by atoms with E-state index in [4.69, 9.17) is 10.5 Å². The van der Waals surface area contributed by atoms with E-state index in [9.17, 15) is 9.90 Å². The van der Waals surface area contributed by atoms with Crippen LogP contribution in [0.25, 0.3) is 11.3 Å². The molecule has 3 N–H and O–H groups in total. The largest absolute Gasteiger partial charge is 0.507 e. The molecule has 0 aliphatic carbocycles. The van der Waals surface area contributed by atoms with Crippen molar-refractivity contribution < 1.29 is 14.6 Å². The van der Waals surface area contributed by atoms with Crippen molar-refractivity contribution >= 4 is 23.5 Å². The van der Waals surface area contributed by atoms with Crippen LogP contribution in [0, 0.1) is 11.8 Å². The fourth-order valence-electron chi connectivity index (χ4n) is 5.75. The molecule has 11 nitrogen and oxygen atoms in total. The van der Waals surface area contributed by atoms with Gasteiger partial charge in [0.15, 0.2) is 5.82 Å². The third kappa shape index (κ3) is 7.48. The molecule has 0 radical (unpaired) electrons. The number of nitrogens with two attached hydrogens (primary N) is 1. The first-order chi connectivity index (χ1) is 21.1. The average molecular weight is 599 g/mol. The highest BCUT2D eigenvalue weighted by Crippen LogP contribution is 2.37. The molecule has 0 spiro atoms. The topological polar surface area (TPSA) is 134 Å². The van der Waals surface area contributed by atoms with Crippen molar-refractivity contribution in [3.05, 3.63) is 48.3 Å². The van der Waals surface area contributed by atoms with E-state index in [0.29, 0.717) is 23.6 Å². The Balaban J connectivity index is 1.12. The lowest BCUT2D eigenvalue weighted by Gasteiger charge is -2.42. The van der Waals surface area contributed by atoms with Gasteiger partial charge in [-0.1, -0.05) is 30.4 Å². The number of aromatic hydroxyl groups is 1. The van der Waals surface area contributed by atoms with Gasteiger partial charge in [-0.05, 0) is 64.7 Å². The summed E-state index contributed by atoms with van der Waals surface area (Å²) in [6.45, 7) is 7.82. The molecule has 232 valence electrons. The number of nitrogen functional groups attached to an aromatic ring is 1. The SMILES string of the molecule is CN(CCCCCC#Cc1cnc(N2C3CCC2CN(c2cc(-c4ccccc4O)nnc2N)C3)nc1)C(=O)OC(C)(C)C. The van der Waals surface area contributed by atoms with Crippen LogP contribution in [0.5, 0.6) is 5.75 Å². The van der Waals surface area contributed by atoms with E-state index in [1.54, 1.807) is 36.5 Å². The zero-order chi connectivity index (χ0) is 31.3. The Morgan fingerprint density at radius 3 is 2.48 bits per heavy atom. The van der Waals surface area contributed by atoms with E-state index in [1.165, 1.54) is 0 Å². The third-order valence-electron chi connectivity index (χ3n) is 7.91. The Labute approximate surface area is 259 Å². The van der Waals surface area contributed by atoms with Crippen molar-refractivity contribution in [2.45, 2.75) is 77.0 Å². The maximum atomic E-state index is 12.0. The van der Waals surface area contributed by atoms with Crippen molar-refractivity contribution in [1.29, 1.82) is 0 Å². The summed E-state index contributed by atoms with van der Waals surface area (Å²) in [6, 6.07) is 9.52. The first-order valence-electron chi connectivity index (χ1n) is 15.3. The Morgan fingerprint density at radius 1 is 1.09 bits per heavy atom. The number of para-hydroxylation sites is 1. The molecule has 5 rings (SSSR count). The van der Waals surface area contributed by atoms with E-state index < -0.39 is 5.60 Å². The molecule has 2 unspecified atom stereocenters. The van der Waals surface area contributed by atoms with Crippen LogP contribution in [0.2, 0.25) is 0 Å². The Morgan fingerprint density at radius 2 is 1.80 bits per heavy atom. The number of piperazine rings is 1. The van der Waals surface area contributed by atoms with Gasteiger partial charge in [0.2, 0.25) is 5.95 Å². The number of benzene rings is 1. The number of unbranched alkanes of at least 4 members (excludes halogenated alkanes) is 3. The maximum absolute atomic E-state index is 12.0. The van der Waals surface area contributed by atoms with Gasteiger partial charge in [-0.3, -0.25) is 0 Å². The van der Waals surface area contributed by atoms with Crippen molar-refractivity contribution in [2.24, 2.45) is 0 Å². The molecule has 4 heterocycles. The standard InChI is InChI=1S/C33H42N8O3/c1-33(2,3)44-32(43)39(4)17-11-7-5-6-8-12-23-19-35-31(36-20-23)41-24-15-16-25(41)22-40(21-24)28-18-27(37-38-30(28)34)26-13-9-10-14-29(26)42/h9-10,13-14,18-20,24-25,42H,5-7,11,15-17,21-22H2,1-4H3,(H2,34,38). The second-order valence-corrected chi connectivity index (χ2v) is 12.5. The molecule has 44 heavy (non-hydrogen) atoms. The molecule has 1 aromatic carbocycles. The van der Waals surface area contributed by atoms with Gasteiger partial charge in [0.25, 0.3) is 0 Å². The molecule has 2 bridgehead atoms. The van der Waals surface area contributed by atoms with Gasteiger partial charge in [0.05, 0.1) is 16.9 Å². The number of nitrogens with zero attached hydrogens (tertiary/aromatic N) is 7. The van der Waals surface area contributed by atoms with Gasteiger partial charge in [-0.15, -0.1) is 10.2 Å². The van der Waals surface area contributed by atoms with Crippen molar-refractivity contribution in [3.63, 3.8) is 0 Å². The van der Waals surface area contributed by atoms with Crippen LogP contribution in [0.1, 0.15) is 64.9 Å². The summed E-state index contributed by atoms with van der Waals surface area (Å²) in [5, 5.41) is 18.7. The Kier molecular flexibility index (Phi) is 9.37. The number of amides is 1. The lowest BCUT2D eigenvalue weighted by atomic mass is 10.1. The fourth-order valence-corrected chi connectivity index (χ4v) is 5.75. The minimum absolute atomic E-state index is 0.160. The lowest BCUT2D eigenvalue weighted by molar-refractivity contribution is 0.0296. The van der Waals surface area contributed by atoms with Gasteiger partial charge in [-0.25, -0.2) is 14.8 Å². The summed E-state index contributed by atoms with van der Waals surface area (Å²) in [5.41, 5.74) is 8.65. The van der Waals surface area contributed by atoms with Crippen molar-refractivity contribution in [1.82, 2.24) is 25.1 Å². The first kappa shape index (κ1) is 30.9. The zero-order valence-corrected chi connectivity index (χ0v) is 26.0. The number of phenols is 1. The summed E-state index contributed by atoms with van der Waals surface area (Å²) in [6.07, 6.45) is 9.06. The van der Waals surface area contributed by atoms with Gasteiger partial charge >= 0.3 is 6.09 Å². The van der Waals surface area contributed by atoms with Crippen LogP contribution in [0.15, 0.2) is 42.7 Å². The van der Waals surface area contributed by atoms with E-state index in [-0.39, 0.29) is 23.9 Å². The zero-order valence-electron chi connectivity index (χ0n) is 26.0. The van der Waals surface area contributed by atoms with Crippen molar-refractivity contribution in [2.75, 3.05) is 42.2 Å². The number of phenolic OH excluding ortho intramolecular Hbond substituents is 1. The van der Waals surface area contributed by atoms with Gasteiger partial charge < -0.3 is 30.3 Å². The lowest BCUT2D eigenvalue weighted by Crippen LogP contribution is -2.54. The van der Waals surface area contributed by atoms with Gasteiger partial charge in [0, 0.05) is 63.1 Å². The predicted octanol–water partition coefficient (Wildman–Crippen LogP) is 4.86. The first-order valence-corrected chi connectivity index (χ1v) is 15.3. The van der Waals surface area contributed by atoms with Crippen LogP contribution in [-0.4, -0.2) is 80.6 Å². The summed E-state index contributed by atoms with van der Waals surface area (Å²) in [4.78, 5) is 27.6. The van der Waals surface area contributed by atoms with Gasteiger partial charge in [-0.2, -0.15) is 0 Å². The number of carbonyl (C=O) groups is 1. The molecular weight excluding hydrogens is 556 g/mol. The van der Waals surface area contributed by atoms with E-state index >= 15 is 0 Å². The molecule has 2 atom stereocenters. The van der Waals surface area contributed by atoms with Crippen LogP contribution in [-0.2, 0) is 4.74 Å². The summed E-state index contributed by atoms with van der Waals surface area (Å²) >= 11 is 0. The van der Waals surface area contributed by atoms with Crippen LogP contribution in [0.3, 0.4) is 0 Å². The van der Waals surface area contributed by atoms with Crippen LogP contribution in [0.4, 0.5) is 22.2 Å². The molecule has 3 aromatic rings. The van der Waals surface area contributed by atoms with Gasteiger partial charge in [0.1, 0.15) is 11.4 Å². The second kappa shape index (κ2) is 13.4. The van der Waals surface area contributed by atoms with Crippen LogP contribution < -0.4 is 15.5 Å². The summed E-state index contributed by atoms with van der Waals surface area (Å²) in [5.74, 6) is 7.68. The predicted molar refractivity (Wildman–Crippen MR) is 171 cm³/mol. The number of anilines is 3. The normalized spacial score (nSPS) is 17.6. The van der Waals surface area contributed by atoms with E-state index in [2.05, 4.69) is 41.8 Å². The minimum atomic E-state index is -0.481. The number of aromatic nitrogens is 4. The molecular formula is C33H42N8O3. The minimum Gasteiger partial charge on any atom is -0.507 e. The summed E-state index contributed by atoms with van der Waals surface area (Å²) < 4.78 is 5.39. The van der Waals surface area contributed by atoms with E-state index in [0.717, 1.165) is 68.8 Å². The maximum Gasteiger partial charge on any atom is 0.410 e. The Hall–Kier alpha value is -4.59. The molecule has 0 saturated carbocycles. The monoisotopic (exact) mass is 598 g/mol. The average Bonchev–Trinajstić information content (AvgIpc) is 3.25. The fraction of sp³-hybridized carbons (Fsp3) is 0.485. The number of rotatable bonds is 8. The molecule has 2 fully saturated rings. The molecule has 2 aliphatic rings. The molecule has 1 amide bonds. The second-order valence-electron chi connectivity index (χ2n) is 12.5. The molecule has 11 heteroatoms. The molecule has 2 saturated heterocycles. The Bertz CT molecular complexity index is 1500. The van der Waals surface area contributed by atoms with E-state index in [1.807, 2.05) is 39.0 Å². The van der Waals surface area contributed by atoms with Crippen LogP contribution >= 0.6 is 0 Å². The highest BCUT2D eigenvalue weighted by atomic mass is 16.6. The summed E-state index contributed by atoms with van der Waals surface area (Å²) in [7, 11) is 1.77. The number of hydrogen-bond acceptors (Lipinski definition) is 10. The number of fused-ring (bicyclic) bond motifs is 2. The smallest absolute Gasteiger partial charge is 0.410 e.